The molecule has 2 aromatic rings. The van der Waals surface area contributed by atoms with Crippen molar-refractivity contribution in [2.45, 2.75) is 26.1 Å². The first-order chi connectivity index (χ1) is 10.3. The van der Waals surface area contributed by atoms with Crippen molar-refractivity contribution in [2.24, 2.45) is 5.92 Å². The Labute approximate surface area is 131 Å². The molecule has 2 rings (SSSR count). The molecule has 0 radical (unpaired) electrons. The van der Waals surface area contributed by atoms with Crippen molar-refractivity contribution in [2.75, 3.05) is 0 Å². The summed E-state index contributed by atoms with van der Waals surface area (Å²) in [6.45, 7) is 3.97. The first-order valence-corrected chi connectivity index (χ1v) is 7.68. The second-order valence-electron chi connectivity index (χ2n) is 5.29. The number of thiophene rings is 1. The Morgan fingerprint density at radius 2 is 1.77 bits per heavy atom. The van der Waals surface area contributed by atoms with Gasteiger partial charge in [0.15, 0.2) is 0 Å². The van der Waals surface area contributed by atoms with Crippen LogP contribution in [0, 0.1) is 5.92 Å². The Bertz CT molecular complexity index is 618. The predicted molar refractivity (Wildman–Crippen MR) is 80.8 cm³/mol. The fourth-order valence-corrected chi connectivity index (χ4v) is 3.02. The summed E-state index contributed by atoms with van der Waals surface area (Å²) in [7, 11) is 0. The quantitative estimate of drug-likeness (QED) is 0.851. The van der Waals surface area contributed by atoms with Gasteiger partial charge < -0.3 is 5.32 Å². The van der Waals surface area contributed by atoms with E-state index >= 15 is 0 Å². The van der Waals surface area contributed by atoms with Crippen LogP contribution in [-0.4, -0.2) is 5.91 Å². The van der Waals surface area contributed by atoms with Crippen molar-refractivity contribution < 1.29 is 18.0 Å². The molecule has 0 aliphatic carbocycles. The molecule has 1 atom stereocenters. The largest absolute Gasteiger partial charge is 0.416 e. The smallest absolute Gasteiger partial charge is 0.344 e. The van der Waals surface area contributed by atoms with Crippen molar-refractivity contribution in [3.8, 4) is 0 Å². The topological polar surface area (TPSA) is 29.1 Å². The minimum absolute atomic E-state index is 0.158. The molecule has 1 amide bonds. The summed E-state index contributed by atoms with van der Waals surface area (Å²) in [5, 5.41) is 4.81. The molecule has 0 saturated heterocycles. The fourth-order valence-electron chi connectivity index (χ4n) is 2.07. The van der Waals surface area contributed by atoms with Crippen LogP contribution in [0.2, 0.25) is 0 Å². The average Bonchev–Trinajstić information content (AvgIpc) is 2.97. The lowest BCUT2D eigenvalue weighted by Crippen LogP contribution is -2.31. The van der Waals surface area contributed by atoms with Crippen LogP contribution in [0.25, 0.3) is 0 Å². The van der Waals surface area contributed by atoms with Gasteiger partial charge in [0, 0.05) is 10.4 Å². The Balaban J connectivity index is 2.14. The van der Waals surface area contributed by atoms with Crippen LogP contribution in [-0.2, 0) is 6.18 Å². The van der Waals surface area contributed by atoms with Crippen LogP contribution in [0.15, 0.2) is 41.8 Å². The minimum Gasteiger partial charge on any atom is -0.344 e. The molecule has 22 heavy (non-hydrogen) atoms. The van der Waals surface area contributed by atoms with Crippen molar-refractivity contribution in [3.05, 3.63) is 57.8 Å². The Hall–Kier alpha value is -1.82. The normalized spacial score (nSPS) is 13.2. The van der Waals surface area contributed by atoms with Gasteiger partial charge in [0.25, 0.3) is 5.91 Å². The van der Waals surface area contributed by atoms with Crippen molar-refractivity contribution in [1.82, 2.24) is 5.32 Å². The van der Waals surface area contributed by atoms with Crippen LogP contribution in [0.3, 0.4) is 0 Å². The van der Waals surface area contributed by atoms with Crippen LogP contribution in [0.5, 0.6) is 0 Å². The molecule has 0 saturated carbocycles. The third kappa shape index (κ3) is 3.88. The second-order valence-corrected chi connectivity index (χ2v) is 6.26. The maximum Gasteiger partial charge on any atom is 0.416 e. The molecule has 1 aromatic heterocycles. The standard InChI is InChI=1S/C16H16F3NOS/c1-10(2)14(13-4-3-9-22-13)20-15(21)11-5-7-12(8-6-11)16(17,18)19/h3-10,14H,1-2H3,(H,20,21)/t14-/m0/s1. The fraction of sp³-hybridized carbons (Fsp3) is 0.312. The van der Waals surface area contributed by atoms with E-state index in [-0.39, 0.29) is 23.4 Å². The molecule has 118 valence electrons. The van der Waals surface area contributed by atoms with Gasteiger partial charge in [-0.3, -0.25) is 4.79 Å². The lowest BCUT2D eigenvalue weighted by molar-refractivity contribution is -0.137. The van der Waals surface area contributed by atoms with E-state index in [4.69, 9.17) is 0 Å². The van der Waals surface area contributed by atoms with E-state index in [1.54, 1.807) is 0 Å². The molecule has 6 heteroatoms. The number of carbonyl (C=O) groups excluding carboxylic acids is 1. The van der Waals surface area contributed by atoms with Crippen molar-refractivity contribution in [1.29, 1.82) is 0 Å². The maximum absolute atomic E-state index is 12.5. The molecule has 0 bridgehead atoms. The predicted octanol–water partition coefficient (Wildman–Crippen LogP) is 4.89. The van der Waals surface area contributed by atoms with E-state index < -0.39 is 11.7 Å². The first-order valence-electron chi connectivity index (χ1n) is 6.80. The zero-order chi connectivity index (χ0) is 16.3. The Morgan fingerprint density at radius 1 is 1.14 bits per heavy atom. The average molecular weight is 327 g/mol. The third-order valence-electron chi connectivity index (χ3n) is 3.28. The lowest BCUT2D eigenvalue weighted by atomic mass is 10.0. The number of alkyl halides is 3. The number of hydrogen-bond donors (Lipinski definition) is 1. The van der Waals surface area contributed by atoms with E-state index in [1.165, 1.54) is 23.5 Å². The summed E-state index contributed by atoms with van der Waals surface area (Å²) in [6.07, 6.45) is -4.40. The van der Waals surface area contributed by atoms with Crippen LogP contribution in [0.1, 0.15) is 40.7 Å². The van der Waals surface area contributed by atoms with Gasteiger partial charge in [0.1, 0.15) is 0 Å². The molecule has 0 spiro atoms. The van der Waals surface area contributed by atoms with Gasteiger partial charge in [-0.1, -0.05) is 19.9 Å². The number of hydrogen-bond acceptors (Lipinski definition) is 2. The Kier molecular flexibility index (Phi) is 4.90. The van der Waals surface area contributed by atoms with Gasteiger partial charge in [-0.2, -0.15) is 13.2 Å². The van der Waals surface area contributed by atoms with Gasteiger partial charge in [0.2, 0.25) is 0 Å². The number of amides is 1. The summed E-state index contributed by atoms with van der Waals surface area (Å²) in [4.78, 5) is 13.3. The second kappa shape index (κ2) is 6.52. The number of rotatable bonds is 4. The monoisotopic (exact) mass is 327 g/mol. The molecular weight excluding hydrogens is 311 g/mol. The van der Waals surface area contributed by atoms with Gasteiger partial charge in [0.05, 0.1) is 11.6 Å². The molecule has 0 unspecified atom stereocenters. The molecular formula is C16H16F3NOS. The number of carbonyl (C=O) groups is 1. The van der Waals surface area contributed by atoms with Crippen LogP contribution >= 0.6 is 11.3 Å². The van der Waals surface area contributed by atoms with E-state index in [1.807, 2.05) is 31.4 Å². The first kappa shape index (κ1) is 16.5. The highest BCUT2D eigenvalue weighted by atomic mass is 32.1. The molecule has 0 aliphatic rings. The maximum atomic E-state index is 12.5. The summed E-state index contributed by atoms with van der Waals surface area (Å²) in [5.41, 5.74) is -0.544. The highest BCUT2D eigenvalue weighted by Crippen LogP contribution is 2.29. The summed E-state index contributed by atoms with van der Waals surface area (Å²) in [5.74, 6) is -0.196. The molecule has 1 N–H and O–H groups in total. The van der Waals surface area contributed by atoms with Gasteiger partial charge >= 0.3 is 6.18 Å². The number of halogens is 3. The van der Waals surface area contributed by atoms with E-state index in [9.17, 15) is 18.0 Å². The Morgan fingerprint density at radius 3 is 2.23 bits per heavy atom. The van der Waals surface area contributed by atoms with Crippen molar-refractivity contribution in [3.63, 3.8) is 0 Å². The van der Waals surface area contributed by atoms with E-state index in [2.05, 4.69) is 5.32 Å². The third-order valence-corrected chi connectivity index (χ3v) is 4.23. The summed E-state index contributed by atoms with van der Waals surface area (Å²) in [6, 6.07) is 7.92. The van der Waals surface area contributed by atoms with Crippen LogP contribution < -0.4 is 5.32 Å². The summed E-state index contributed by atoms with van der Waals surface area (Å²) >= 11 is 1.54. The van der Waals surface area contributed by atoms with Gasteiger partial charge in [-0.25, -0.2) is 0 Å². The van der Waals surface area contributed by atoms with E-state index in [0.717, 1.165) is 17.0 Å². The number of benzene rings is 1. The van der Waals surface area contributed by atoms with Gasteiger partial charge in [-0.05, 0) is 41.6 Å². The highest BCUT2D eigenvalue weighted by molar-refractivity contribution is 7.10. The zero-order valence-electron chi connectivity index (χ0n) is 12.1. The molecule has 2 nitrogen and oxygen atoms in total. The zero-order valence-corrected chi connectivity index (χ0v) is 13.0. The SMILES string of the molecule is CC(C)[C@H](NC(=O)c1ccc(C(F)(F)F)cc1)c1cccs1. The number of nitrogens with one attached hydrogen (secondary N) is 1. The van der Waals surface area contributed by atoms with Gasteiger partial charge in [-0.15, -0.1) is 11.3 Å². The molecule has 1 heterocycles. The molecule has 0 aliphatic heterocycles. The highest BCUT2D eigenvalue weighted by Gasteiger charge is 2.30. The molecule has 1 aromatic carbocycles. The summed E-state index contributed by atoms with van der Waals surface area (Å²) < 4.78 is 37.6. The molecule has 0 fully saturated rings. The lowest BCUT2D eigenvalue weighted by Gasteiger charge is -2.21. The van der Waals surface area contributed by atoms with Crippen LogP contribution in [0.4, 0.5) is 13.2 Å². The van der Waals surface area contributed by atoms with E-state index in [0.29, 0.717) is 0 Å². The van der Waals surface area contributed by atoms with Crippen molar-refractivity contribution >= 4 is 17.2 Å². The minimum atomic E-state index is -4.40.